The van der Waals surface area contributed by atoms with Crippen LogP contribution in [0.3, 0.4) is 0 Å². The lowest BCUT2D eigenvalue weighted by atomic mass is 10.0. The molecule has 0 heterocycles. The molecule has 0 aromatic heterocycles. The molecule has 5 atom stereocenters. The van der Waals surface area contributed by atoms with Gasteiger partial charge in [0, 0.05) is 25.7 Å². The molecule has 17 nitrogen and oxygen atoms in total. The van der Waals surface area contributed by atoms with E-state index in [4.69, 9.17) is 37.0 Å². The number of phosphoric ester groups is 2. The number of aliphatic hydroxyl groups excluding tert-OH is 1. The molecule has 84 heavy (non-hydrogen) atoms. The van der Waals surface area contributed by atoms with Crippen LogP contribution in [0.5, 0.6) is 0 Å². The Hall–Kier alpha value is -1.94. The van der Waals surface area contributed by atoms with Crippen molar-refractivity contribution in [3.05, 3.63) is 0 Å². The maximum absolute atomic E-state index is 13.0. The van der Waals surface area contributed by atoms with Gasteiger partial charge in [-0.2, -0.15) is 0 Å². The number of aliphatic hydroxyl groups is 1. The second-order valence-electron chi connectivity index (χ2n) is 24.0. The van der Waals surface area contributed by atoms with Crippen molar-refractivity contribution < 1.29 is 80.2 Å². The highest BCUT2D eigenvalue weighted by atomic mass is 31.2. The van der Waals surface area contributed by atoms with Crippen molar-refractivity contribution in [2.75, 3.05) is 39.6 Å². The highest BCUT2D eigenvalue weighted by molar-refractivity contribution is 7.47. The van der Waals surface area contributed by atoms with Crippen LogP contribution in [-0.2, 0) is 65.4 Å². The van der Waals surface area contributed by atoms with Gasteiger partial charge in [0.1, 0.15) is 19.3 Å². The molecule has 0 bridgehead atoms. The van der Waals surface area contributed by atoms with Gasteiger partial charge in [0.25, 0.3) is 0 Å². The van der Waals surface area contributed by atoms with Crippen molar-refractivity contribution in [2.24, 2.45) is 5.92 Å². The molecule has 0 aromatic rings. The van der Waals surface area contributed by atoms with E-state index in [1.807, 2.05) is 0 Å². The number of hydrogen-bond donors (Lipinski definition) is 3. The first-order valence-electron chi connectivity index (χ1n) is 34.1. The van der Waals surface area contributed by atoms with Gasteiger partial charge in [0.05, 0.1) is 26.4 Å². The third kappa shape index (κ3) is 59.0. The van der Waals surface area contributed by atoms with Crippen LogP contribution in [0.1, 0.15) is 330 Å². The van der Waals surface area contributed by atoms with Gasteiger partial charge in [-0.15, -0.1) is 0 Å². The fourth-order valence-corrected chi connectivity index (χ4v) is 11.3. The molecule has 0 fully saturated rings. The molecule has 0 amide bonds. The van der Waals surface area contributed by atoms with Gasteiger partial charge in [0.2, 0.25) is 0 Å². The molecular weight excluding hydrogens is 1110 g/mol. The van der Waals surface area contributed by atoms with Crippen LogP contribution in [0.2, 0.25) is 0 Å². The predicted octanol–water partition coefficient (Wildman–Crippen LogP) is 18.2. The smallest absolute Gasteiger partial charge is 0.462 e. The summed E-state index contributed by atoms with van der Waals surface area (Å²) in [6.07, 6.45) is 43.1. The molecular formula is C65H126O17P2. The van der Waals surface area contributed by atoms with Crippen molar-refractivity contribution in [1.82, 2.24) is 0 Å². The Labute approximate surface area is 511 Å². The Bertz CT molecular complexity index is 1640. The third-order valence-corrected chi connectivity index (χ3v) is 16.9. The molecule has 19 heteroatoms. The van der Waals surface area contributed by atoms with E-state index in [0.29, 0.717) is 31.6 Å². The summed E-state index contributed by atoms with van der Waals surface area (Å²) in [6, 6.07) is 0. The van der Waals surface area contributed by atoms with Crippen molar-refractivity contribution in [3.63, 3.8) is 0 Å². The van der Waals surface area contributed by atoms with Gasteiger partial charge in [-0.25, -0.2) is 9.13 Å². The van der Waals surface area contributed by atoms with Crippen molar-refractivity contribution in [3.8, 4) is 0 Å². The van der Waals surface area contributed by atoms with Gasteiger partial charge in [-0.05, 0) is 31.6 Å². The molecule has 0 aliphatic rings. The zero-order chi connectivity index (χ0) is 62.0. The number of esters is 4. The van der Waals surface area contributed by atoms with Gasteiger partial charge >= 0.3 is 39.5 Å². The summed E-state index contributed by atoms with van der Waals surface area (Å²) in [5.74, 6) is -1.45. The maximum atomic E-state index is 13.0. The largest absolute Gasteiger partial charge is 0.472 e. The lowest BCUT2D eigenvalue weighted by Gasteiger charge is -2.21. The second-order valence-corrected chi connectivity index (χ2v) is 26.9. The molecule has 0 rings (SSSR count). The Balaban J connectivity index is 5.23. The van der Waals surface area contributed by atoms with E-state index in [-0.39, 0.29) is 25.7 Å². The van der Waals surface area contributed by atoms with E-state index in [1.54, 1.807) is 0 Å². The lowest BCUT2D eigenvalue weighted by molar-refractivity contribution is -0.161. The number of ether oxygens (including phenoxy) is 4. The summed E-state index contributed by atoms with van der Waals surface area (Å²) < 4.78 is 68.0. The number of rotatable bonds is 65. The first-order valence-corrected chi connectivity index (χ1v) is 37.1. The molecule has 0 radical (unpaired) electrons. The van der Waals surface area contributed by atoms with Gasteiger partial charge in [-0.1, -0.05) is 279 Å². The molecule has 2 unspecified atom stereocenters. The van der Waals surface area contributed by atoms with E-state index in [9.17, 15) is 43.2 Å². The Morgan fingerprint density at radius 3 is 0.810 bits per heavy atom. The van der Waals surface area contributed by atoms with Crippen molar-refractivity contribution >= 4 is 39.5 Å². The molecule has 0 saturated carbocycles. The van der Waals surface area contributed by atoms with E-state index in [0.717, 1.165) is 96.3 Å². The van der Waals surface area contributed by atoms with Gasteiger partial charge in [-0.3, -0.25) is 37.3 Å². The summed E-state index contributed by atoms with van der Waals surface area (Å²) in [4.78, 5) is 72.2. The van der Waals surface area contributed by atoms with Crippen LogP contribution in [-0.4, -0.2) is 96.7 Å². The molecule has 0 spiro atoms. The molecule has 0 aliphatic heterocycles. The Kier molecular flexibility index (Phi) is 57.4. The average molecular weight is 1240 g/mol. The normalized spacial score (nSPS) is 14.2. The molecule has 0 aromatic carbocycles. The minimum absolute atomic E-state index is 0.106. The number of carbonyl (C=O) groups excluding carboxylic acids is 4. The monoisotopic (exact) mass is 1240 g/mol. The number of unbranched alkanes of at least 4 members (excludes halogenated alkanes) is 37. The summed E-state index contributed by atoms with van der Waals surface area (Å²) >= 11 is 0. The van der Waals surface area contributed by atoms with Crippen LogP contribution >= 0.6 is 15.6 Å². The van der Waals surface area contributed by atoms with Crippen molar-refractivity contribution in [1.29, 1.82) is 0 Å². The van der Waals surface area contributed by atoms with E-state index in [1.165, 1.54) is 148 Å². The highest BCUT2D eigenvalue weighted by Gasteiger charge is 2.30. The van der Waals surface area contributed by atoms with Crippen LogP contribution in [0, 0.1) is 5.92 Å². The van der Waals surface area contributed by atoms with Crippen LogP contribution in [0.25, 0.3) is 0 Å². The van der Waals surface area contributed by atoms with Gasteiger partial charge < -0.3 is 33.8 Å². The SMILES string of the molecule is CCCCCCCCCCCCCCCC(=O)O[C@H](COC(=O)CCCCCCCCCCCCCC)COP(=O)(O)OC[C@@H](O)COP(=O)(O)OC[C@@H](COC(=O)CCCCCCCCC(C)C)OC(=O)CCCCCCCCCCCC. The van der Waals surface area contributed by atoms with Gasteiger partial charge in [0.15, 0.2) is 12.2 Å². The quantitative estimate of drug-likeness (QED) is 0.0222. The topological polar surface area (TPSA) is 237 Å². The Morgan fingerprint density at radius 2 is 0.548 bits per heavy atom. The average Bonchev–Trinajstić information content (AvgIpc) is 3.52. The zero-order valence-corrected chi connectivity index (χ0v) is 55.8. The maximum Gasteiger partial charge on any atom is 0.472 e. The molecule has 0 aliphatic carbocycles. The minimum Gasteiger partial charge on any atom is -0.462 e. The predicted molar refractivity (Wildman–Crippen MR) is 335 cm³/mol. The summed E-state index contributed by atoms with van der Waals surface area (Å²) in [6.45, 7) is 7.12. The van der Waals surface area contributed by atoms with Crippen LogP contribution in [0.4, 0.5) is 0 Å². The summed E-state index contributed by atoms with van der Waals surface area (Å²) in [7, 11) is -9.89. The standard InChI is InChI=1S/C65H126O17P2/c1-6-9-12-15-18-21-24-26-28-31-34-41-46-51-65(70)81-60(54-75-62(67)48-43-38-32-30-27-25-22-19-16-13-10-7-2)56-79-83(71,72)77-52-59(66)53-78-84(73,74)80-57-61(55-76-63(68)49-44-39-36-35-37-42-47-58(4)5)82-64(69)50-45-40-33-29-23-20-17-14-11-8-3/h58-61,66H,6-57H2,1-5H3,(H,71,72)(H,73,74)/t59-,60-,61-/m1/s1. The first kappa shape index (κ1) is 82.1. The lowest BCUT2D eigenvalue weighted by Crippen LogP contribution is -2.30. The Morgan fingerprint density at radius 1 is 0.321 bits per heavy atom. The number of hydrogen-bond acceptors (Lipinski definition) is 15. The zero-order valence-electron chi connectivity index (χ0n) is 54.0. The minimum atomic E-state index is -4.94. The first-order chi connectivity index (χ1) is 40.5. The fraction of sp³-hybridized carbons (Fsp3) is 0.938. The highest BCUT2D eigenvalue weighted by Crippen LogP contribution is 2.45. The molecule has 498 valence electrons. The second kappa shape index (κ2) is 58.7. The summed E-state index contributed by atoms with van der Waals surface area (Å²) in [5, 5.41) is 10.5. The number of phosphoric acid groups is 2. The van der Waals surface area contributed by atoms with E-state index >= 15 is 0 Å². The molecule has 0 saturated heterocycles. The van der Waals surface area contributed by atoms with E-state index in [2.05, 4.69) is 34.6 Å². The van der Waals surface area contributed by atoms with E-state index < -0.39 is 97.5 Å². The third-order valence-electron chi connectivity index (χ3n) is 15.0. The van der Waals surface area contributed by atoms with Crippen LogP contribution in [0.15, 0.2) is 0 Å². The summed E-state index contributed by atoms with van der Waals surface area (Å²) in [5.41, 5.74) is 0. The van der Waals surface area contributed by atoms with Crippen LogP contribution < -0.4 is 0 Å². The number of carbonyl (C=O) groups is 4. The van der Waals surface area contributed by atoms with Crippen molar-refractivity contribution in [2.45, 2.75) is 348 Å². The fourth-order valence-electron chi connectivity index (χ4n) is 9.76. The molecule has 3 N–H and O–H groups in total.